The molecule has 6 nitrogen and oxygen atoms in total. The van der Waals surface area contributed by atoms with Crippen LogP contribution in [0.15, 0.2) is 84.9 Å². The van der Waals surface area contributed by atoms with Crippen LogP contribution in [0.25, 0.3) is 5.69 Å². The molecule has 4 rings (SSSR count). The standard InChI is InChI=1S/C30H29F3N2O4S/c1-21-27(29(36)34-25-13-11-23(12-14-25)20-40(37)38)17-26(15-16-39-19-22-7-3-2-4-8-22)35(21)28-10-6-5-9-24(28)18-30(31,32)33/h2-14,17H,15-16,18-20H2,1H3,(H,34,36)(H,37,38). The molecule has 1 amide bonds. The van der Waals surface area contributed by atoms with Crippen molar-refractivity contribution in [2.45, 2.75) is 38.3 Å². The summed E-state index contributed by atoms with van der Waals surface area (Å²) in [6.45, 7) is 2.39. The van der Waals surface area contributed by atoms with Crippen LogP contribution in [0, 0.1) is 6.92 Å². The first-order chi connectivity index (χ1) is 19.1. The molecule has 0 aliphatic heterocycles. The molecule has 0 fully saturated rings. The number of carbonyl (C=O) groups excluding carboxylic acids is 1. The molecule has 40 heavy (non-hydrogen) atoms. The number of carbonyl (C=O) groups is 1. The zero-order valence-corrected chi connectivity index (χ0v) is 22.6. The van der Waals surface area contributed by atoms with Crippen molar-refractivity contribution in [3.8, 4) is 5.69 Å². The Balaban J connectivity index is 1.62. The number of aromatic nitrogens is 1. The zero-order valence-electron chi connectivity index (χ0n) is 21.8. The smallest absolute Gasteiger partial charge is 0.376 e. The SMILES string of the molecule is Cc1c(C(=O)Nc2ccc(CS(=O)O)cc2)cc(CCOCc2ccccc2)n1-c1ccccc1CC(F)(F)F. The molecule has 0 spiro atoms. The number of hydrogen-bond acceptors (Lipinski definition) is 3. The van der Waals surface area contributed by atoms with Crippen molar-refractivity contribution in [1.82, 2.24) is 4.57 Å². The number of halogens is 3. The normalized spacial score (nSPS) is 12.3. The maximum atomic E-state index is 13.4. The number of anilines is 1. The second-order valence-corrected chi connectivity index (χ2v) is 10.2. The van der Waals surface area contributed by atoms with Gasteiger partial charge in [0.05, 0.1) is 31.0 Å². The molecule has 0 saturated heterocycles. The maximum Gasteiger partial charge on any atom is 0.393 e. The fourth-order valence-electron chi connectivity index (χ4n) is 4.48. The summed E-state index contributed by atoms with van der Waals surface area (Å²) in [6.07, 6.45) is -5.13. The molecule has 1 aromatic heterocycles. The lowest BCUT2D eigenvalue weighted by atomic mass is 10.1. The molecule has 1 heterocycles. The number of nitrogens with one attached hydrogen (secondary N) is 1. The second kappa shape index (κ2) is 13.1. The summed E-state index contributed by atoms with van der Waals surface area (Å²) < 4.78 is 67.8. The summed E-state index contributed by atoms with van der Waals surface area (Å²) in [5.74, 6) is -0.446. The van der Waals surface area contributed by atoms with E-state index in [0.29, 0.717) is 53.5 Å². The van der Waals surface area contributed by atoms with E-state index < -0.39 is 29.6 Å². The first-order valence-electron chi connectivity index (χ1n) is 12.6. The van der Waals surface area contributed by atoms with Gasteiger partial charge < -0.3 is 19.2 Å². The number of para-hydroxylation sites is 1. The van der Waals surface area contributed by atoms with Crippen molar-refractivity contribution in [1.29, 1.82) is 0 Å². The fourth-order valence-corrected chi connectivity index (χ4v) is 4.96. The van der Waals surface area contributed by atoms with Crippen molar-refractivity contribution < 1.29 is 31.5 Å². The van der Waals surface area contributed by atoms with Crippen molar-refractivity contribution in [2.24, 2.45) is 0 Å². The van der Waals surface area contributed by atoms with E-state index in [1.807, 2.05) is 30.3 Å². The highest BCUT2D eigenvalue weighted by atomic mass is 32.2. The third-order valence-corrected chi connectivity index (χ3v) is 6.89. The molecule has 210 valence electrons. The summed E-state index contributed by atoms with van der Waals surface area (Å²) in [7, 11) is 0. The monoisotopic (exact) mass is 570 g/mol. The van der Waals surface area contributed by atoms with Crippen molar-refractivity contribution >= 4 is 22.7 Å². The summed E-state index contributed by atoms with van der Waals surface area (Å²) >= 11 is -1.98. The quantitative estimate of drug-likeness (QED) is 0.157. The highest BCUT2D eigenvalue weighted by molar-refractivity contribution is 7.78. The van der Waals surface area contributed by atoms with Crippen molar-refractivity contribution in [3.63, 3.8) is 0 Å². The van der Waals surface area contributed by atoms with E-state index in [1.165, 1.54) is 6.07 Å². The van der Waals surface area contributed by atoms with E-state index in [2.05, 4.69) is 5.32 Å². The van der Waals surface area contributed by atoms with Crippen molar-refractivity contribution in [2.75, 3.05) is 11.9 Å². The topological polar surface area (TPSA) is 80.6 Å². The molecule has 10 heteroatoms. The van der Waals surface area contributed by atoms with Crippen LogP contribution < -0.4 is 5.32 Å². The minimum Gasteiger partial charge on any atom is -0.376 e. The summed E-state index contributed by atoms with van der Waals surface area (Å²) in [6, 6.07) is 24.2. The van der Waals surface area contributed by atoms with Gasteiger partial charge in [-0.1, -0.05) is 60.7 Å². The number of amides is 1. The van der Waals surface area contributed by atoms with E-state index in [0.717, 1.165) is 5.56 Å². The second-order valence-electron chi connectivity index (χ2n) is 9.30. The van der Waals surface area contributed by atoms with Crippen LogP contribution in [0.3, 0.4) is 0 Å². The van der Waals surface area contributed by atoms with Crippen LogP contribution in [-0.2, 0) is 41.0 Å². The Morgan fingerprint density at radius 2 is 1.65 bits per heavy atom. The Bertz CT molecular complexity index is 1470. The molecule has 3 aromatic carbocycles. The van der Waals surface area contributed by atoms with Crippen LogP contribution in [0.1, 0.15) is 38.4 Å². The van der Waals surface area contributed by atoms with Crippen LogP contribution >= 0.6 is 0 Å². The Morgan fingerprint density at radius 3 is 2.33 bits per heavy atom. The Morgan fingerprint density at radius 1 is 0.975 bits per heavy atom. The Kier molecular flexibility index (Phi) is 9.57. The van der Waals surface area contributed by atoms with Crippen LogP contribution in [0.2, 0.25) is 0 Å². The molecule has 0 radical (unpaired) electrons. The Hall–Kier alpha value is -3.73. The van der Waals surface area contributed by atoms with Gasteiger partial charge in [0, 0.05) is 29.2 Å². The molecule has 2 N–H and O–H groups in total. The van der Waals surface area contributed by atoms with Crippen molar-refractivity contribution in [3.05, 3.63) is 119 Å². The predicted octanol–water partition coefficient (Wildman–Crippen LogP) is 6.62. The van der Waals surface area contributed by atoms with Gasteiger partial charge in [-0.3, -0.25) is 4.79 Å². The number of rotatable bonds is 11. The summed E-state index contributed by atoms with van der Waals surface area (Å²) in [4.78, 5) is 13.3. The highest BCUT2D eigenvalue weighted by Crippen LogP contribution is 2.29. The van der Waals surface area contributed by atoms with E-state index in [1.54, 1.807) is 60.0 Å². The van der Waals surface area contributed by atoms with Gasteiger partial charge in [-0.2, -0.15) is 13.2 Å². The molecule has 0 aliphatic rings. The van der Waals surface area contributed by atoms with Gasteiger partial charge in [0.2, 0.25) is 0 Å². The lowest BCUT2D eigenvalue weighted by Gasteiger charge is -2.17. The Labute approximate surface area is 233 Å². The molecule has 0 saturated carbocycles. The lowest BCUT2D eigenvalue weighted by molar-refractivity contribution is -0.127. The third kappa shape index (κ3) is 7.91. The minimum absolute atomic E-state index is 0.0246. The molecule has 4 aromatic rings. The van der Waals surface area contributed by atoms with Crippen LogP contribution in [-0.4, -0.2) is 32.0 Å². The molecule has 0 aliphatic carbocycles. The predicted molar refractivity (Wildman–Crippen MR) is 149 cm³/mol. The first-order valence-corrected chi connectivity index (χ1v) is 13.8. The summed E-state index contributed by atoms with van der Waals surface area (Å²) in [5, 5.41) is 2.81. The van der Waals surface area contributed by atoms with E-state index >= 15 is 0 Å². The average molecular weight is 571 g/mol. The maximum absolute atomic E-state index is 13.4. The van der Waals surface area contributed by atoms with Gasteiger partial charge >= 0.3 is 6.18 Å². The van der Waals surface area contributed by atoms with Crippen LogP contribution in [0.4, 0.5) is 18.9 Å². The fraction of sp³-hybridized carbons (Fsp3) is 0.233. The third-order valence-electron chi connectivity index (χ3n) is 6.31. The van der Waals surface area contributed by atoms with E-state index in [4.69, 9.17) is 9.29 Å². The van der Waals surface area contributed by atoms with E-state index in [9.17, 15) is 22.2 Å². The number of nitrogens with zero attached hydrogens (tertiary/aromatic N) is 1. The van der Waals surface area contributed by atoms with Gasteiger partial charge in [-0.15, -0.1) is 0 Å². The number of hydrogen-bond donors (Lipinski definition) is 2. The molecule has 1 atom stereocenters. The molecule has 0 bridgehead atoms. The first kappa shape index (κ1) is 29.3. The minimum atomic E-state index is -4.40. The largest absolute Gasteiger partial charge is 0.393 e. The molecule has 1 unspecified atom stereocenters. The molecular formula is C30H29F3N2O4S. The van der Waals surface area contributed by atoms with Gasteiger partial charge in [0.25, 0.3) is 5.91 Å². The zero-order chi connectivity index (χ0) is 28.7. The average Bonchev–Trinajstić information content (AvgIpc) is 3.23. The van der Waals surface area contributed by atoms with Gasteiger partial charge in [0.15, 0.2) is 11.1 Å². The lowest BCUT2D eigenvalue weighted by Crippen LogP contribution is -2.16. The molecular weight excluding hydrogens is 541 g/mol. The van der Waals surface area contributed by atoms with Gasteiger partial charge in [-0.05, 0) is 47.9 Å². The number of benzene rings is 3. The highest BCUT2D eigenvalue weighted by Gasteiger charge is 2.30. The number of alkyl halides is 3. The van der Waals surface area contributed by atoms with Crippen LogP contribution in [0.5, 0.6) is 0 Å². The van der Waals surface area contributed by atoms with Gasteiger partial charge in [-0.25, -0.2) is 4.21 Å². The van der Waals surface area contributed by atoms with E-state index in [-0.39, 0.29) is 11.3 Å². The summed E-state index contributed by atoms with van der Waals surface area (Å²) in [5.41, 5.74) is 4.04. The number of ether oxygens (including phenoxy) is 1. The van der Waals surface area contributed by atoms with Gasteiger partial charge in [0.1, 0.15) is 0 Å².